The Kier molecular flexibility index (Phi) is 11.6. The standard InChI is InChI=1S/C18H32N2O4/c1-5-6-7-8-9-10-11-15(18(23)24)20-17(22)16(12-13(2)3)19-14(4)21/h5,13,15-16H,1,6-12H2,2-4H3,(H,19,21)(H,20,22)(H,23,24)/t15-,16-/m0/s1. The smallest absolute Gasteiger partial charge is 0.326 e. The Bertz CT molecular complexity index is 421. The number of hydrogen-bond donors (Lipinski definition) is 3. The van der Waals surface area contributed by atoms with E-state index in [0.29, 0.717) is 12.8 Å². The normalized spacial score (nSPS) is 13.2. The van der Waals surface area contributed by atoms with Crippen molar-refractivity contribution in [2.75, 3.05) is 0 Å². The van der Waals surface area contributed by atoms with Gasteiger partial charge < -0.3 is 15.7 Å². The van der Waals surface area contributed by atoms with Crippen molar-refractivity contribution >= 4 is 17.8 Å². The van der Waals surface area contributed by atoms with Crippen LogP contribution in [-0.4, -0.2) is 35.0 Å². The van der Waals surface area contributed by atoms with Crippen molar-refractivity contribution in [2.24, 2.45) is 5.92 Å². The zero-order chi connectivity index (χ0) is 18.5. The van der Waals surface area contributed by atoms with E-state index in [1.165, 1.54) is 6.92 Å². The van der Waals surface area contributed by atoms with E-state index in [9.17, 15) is 19.5 Å². The van der Waals surface area contributed by atoms with Crippen molar-refractivity contribution in [1.29, 1.82) is 0 Å². The summed E-state index contributed by atoms with van der Waals surface area (Å²) in [6, 6.07) is -1.61. The fraction of sp³-hybridized carbons (Fsp3) is 0.722. The summed E-state index contributed by atoms with van der Waals surface area (Å²) in [5.74, 6) is -1.57. The number of rotatable bonds is 13. The number of amides is 2. The highest BCUT2D eigenvalue weighted by atomic mass is 16.4. The fourth-order valence-electron chi connectivity index (χ4n) is 2.47. The molecule has 138 valence electrons. The average Bonchev–Trinajstić information content (AvgIpc) is 2.47. The van der Waals surface area contributed by atoms with E-state index in [2.05, 4.69) is 17.2 Å². The Morgan fingerprint density at radius 1 is 1.04 bits per heavy atom. The molecule has 0 aromatic carbocycles. The molecule has 2 amide bonds. The number of carboxylic acid groups (broad SMARTS) is 1. The lowest BCUT2D eigenvalue weighted by atomic mass is 10.0. The maximum Gasteiger partial charge on any atom is 0.326 e. The van der Waals surface area contributed by atoms with Crippen LogP contribution in [0.25, 0.3) is 0 Å². The largest absolute Gasteiger partial charge is 0.480 e. The number of carboxylic acids is 1. The van der Waals surface area contributed by atoms with Gasteiger partial charge in [-0.3, -0.25) is 9.59 Å². The van der Waals surface area contributed by atoms with Crippen molar-refractivity contribution in [3.63, 3.8) is 0 Å². The lowest BCUT2D eigenvalue weighted by Crippen LogP contribution is -2.51. The summed E-state index contributed by atoms with van der Waals surface area (Å²) in [7, 11) is 0. The molecule has 0 rings (SSSR count). The van der Waals surface area contributed by atoms with Crippen molar-refractivity contribution in [2.45, 2.75) is 77.8 Å². The molecule has 6 heteroatoms. The molecule has 0 bridgehead atoms. The summed E-state index contributed by atoms with van der Waals surface area (Å²) >= 11 is 0. The molecule has 0 radical (unpaired) electrons. The Balaban J connectivity index is 4.49. The van der Waals surface area contributed by atoms with Crippen LogP contribution >= 0.6 is 0 Å². The summed E-state index contributed by atoms with van der Waals surface area (Å²) in [5, 5.41) is 14.4. The van der Waals surface area contributed by atoms with Crippen molar-refractivity contribution in [3.05, 3.63) is 12.7 Å². The van der Waals surface area contributed by atoms with Crippen molar-refractivity contribution in [3.8, 4) is 0 Å². The molecule has 0 heterocycles. The summed E-state index contributed by atoms with van der Waals surface area (Å²) in [4.78, 5) is 34.9. The van der Waals surface area contributed by atoms with Gasteiger partial charge in [-0.05, 0) is 31.6 Å². The molecule has 2 atom stereocenters. The van der Waals surface area contributed by atoms with E-state index < -0.39 is 24.0 Å². The third-order valence-electron chi connectivity index (χ3n) is 3.67. The molecular formula is C18H32N2O4. The number of nitrogens with one attached hydrogen (secondary N) is 2. The molecular weight excluding hydrogens is 308 g/mol. The van der Waals surface area contributed by atoms with Gasteiger partial charge in [-0.15, -0.1) is 6.58 Å². The quantitative estimate of drug-likeness (QED) is 0.355. The van der Waals surface area contributed by atoms with E-state index in [-0.39, 0.29) is 11.8 Å². The highest BCUT2D eigenvalue weighted by molar-refractivity contribution is 5.89. The molecule has 0 aromatic heterocycles. The number of carbonyl (C=O) groups is 3. The van der Waals surface area contributed by atoms with E-state index in [0.717, 1.165) is 32.1 Å². The molecule has 0 spiro atoms. The first-order chi connectivity index (χ1) is 11.3. The molecule has 0 unspecified atom stereocenters. The molecule has 24 heavy (non-hydrogen) atoms. The monoisotopic (exact) mass is 340 g/mol. The topological polar surface area (TPSA) is 95.5 Å². The van der Waals surface area contributed by atoms with Crippen LogP contribution in [0.3, 0.4) is 0 Å². The summed E-state index contributed by atoms with van der Waals surface area (Å²) < 4.78 is 0. The molecule has 0 aromatic rings. The second-order valence-corrected chi connectivity index (χ2v) is 6.56. The first-order valence-corrected chi connectivity index (χ1v) is 8.69. The van der Waals surface area contributed by atoms with Crippen LogP contribution in [0.4, 0.5) is 0 Å². The average molecular weight is 340 g/mol. The first-order valence-electron chi connectivity index (χ1n) is 8.69. The van der Waals surface area contributed by atoms with Gasteiger partial charge in [0.15, 0.2) is 0 Å². The lowest BCUT2D eigenvalue weighted by Gasteiger charge is -2.22. The van der Waals surface area contributed by atoms with Gasteiger partial charge in [0.05, 0.1) is 0 Å². The molecule has 0 saturated carbocycles. The van der Waals surface area contributed by atoms with Gasteiger partial charge >= 0.3 is 5.97 Å². The number of allylic oxidation sites excluding steroid dienone is 1. The van der Waals surface area contributed by atoms with Gasteiger partial charge in [0.1, 0.15) is 12.1 Å². The zero-order valence-electron chi connectivity index (χ0n) is 15.1. The molecule has 0 saturated heterocycles. The van der Waals surface area contributed by atoms with Crippen molar-refractivity contribution < 1.29 is 19.5 Å². The van der Waals surface area contributed by atoms with E-state index in [1.54, 1.807) is 0 Å². The summed E-state index contributed by atoms with van der Waals surface area (Å²) in [6.45, 7) is 8.90. The number of hydrogen-bond acceptors (Lipinski definition) is 3. The number of aliphatic carboxylic acids is 1. The van der Waals surface area contributed by atoms with E-state index in [1.807, 2.05) is 19.9 Å². The van der Waals surface area contributed by atoms with Crippen LogP contribution in [0, 0.1) is 5.92 Å². The van der Waals surface area contributed by atoms with Crippen molar-refractivity contribution in [1.82, 2.24) is 10.6 Å². The van der Waals surface area contributed by atoms with E-state index >= 15 is 0 Å². The SMILES string of the molecule is C=CCCCCCC[C@H](NC(=O)[C@H](CC(C)C)NC(C)=O)C(=O)O. The van der Waals surface area contributed by atoms with Gasteiger partial charge in [-0.1, -0.05) is 39.2 Å². The summed E-state index contributed by atoms with van der Waals surface area (Å²) in [5.41, 5.74) is 0. The minimum absolute atomic E-state index is 0.209. The van der Waals surface area contributed by atoms with Crippen LogP contribution in [0.2, 0.25) is 0 Å². The molecule has 0 aliphatic rings. The Morgan fingerprint density at radius 2 is 1.67 bits per heavy atom. The third kappa shape index (κ3) is 10.8. The highest BCUT2D eigenvalue weighted by Gasteiger charge is 2.26. The van der Waals surface area contributed by atoms with Crippen LogP contribution in [0.5, 0.6) is 0 Å². The number of carbonyl (C=O) groups excluding carboxylic acids is 2. The first kappa shape index (κ1) is 22.1. The Labute approximate surface area is 145 Å². The Morgan fingerprint density at radius 3 is 2.17 bits per heavy atom. The predicted molar refractivity (Wildman–Crippen MR) is 94.5 cm³/mol. The minimum atomic E-state index is -1.04. The van der Waals surface area contributed by atoms with Crippen LogP contribution < -0.4 is 10.6 Å². The molecule has 3 N–H and O–H groups in total. The number of unbranched alkanes of at least 4 members (excludes halogenated alkanes) is 4. The maximum absolute atomic E-state index is 12.3. The highest BCUT2D eigenvalue weighted by Crippen LogP contribution is 2.10. The predicted octanol–water partition coefficient (Wildman–Crippen LogP) is 2.63. The van der Waals surface area contributed by atoms with E-state index in [4.69, 9.17) is 0 Å². The van der Waals surface area contributed by atoms with Gasteiger partial charge in [-0.25, -0.2) is 4.79 Å². The molecule has 0 aliphatic heterocycles. The minimum Gasteiger partial charge on any atom is -0.480 e. The lowest BCUT2D eigenvalue weighted by molar-refractivity contribution is -0.142. The molecule has 6 nitrogen and oxygen atoms in total. The second-order valence-electron chi connectivity index (χ2n) is 6.56. The fourth-order valence-corrected chi connectivity index (χ4v) is 2.47. The van der Waals surface area contributed by atoms with Gasteiger partial charge in [0, 0.05) is 6.92 Å². The summed E-state index contributed by atoms with van der Waals surface area (Å²) in [6.07, 6.45) is 7.44. The van der Waals surface area contributed by atoms with Gasteiger partial charge in [-0.2, -0.15) is 0 Å². The second kappa shape index (κ2) is 12.6. The van der Waals surface area contributed by atoms with Gasteiger partial charge in [0.25, 0.3) is 0 Å². The van der Waals surface area contributed by atoms with Crippen LogP contribution in [-0.2, 0) is 14.4 Å². The zero-order valence-corrected chi connectivity index (χ0v) is 15.1. The third-order valence-corrected chi connectivity index (χ3v) is 3.67. The Hall–Kier alpha value is -1.85. The van der Waals surface area contributed by atoms with Gasteiger partial charge in [0.2, 0.25) is 11.8 Å². The molecule has 0 fully saturated rings. The van der Waals surface area contributed by atoms with Crippen LogP contribution in [0.1, 0.15) is 65.7 Å². The maximum atomic E-state index is 12.3. The molecule has 0 aliphatic carbocycles. The van der Waals surface area contributed by atoms with Crippen LogP contribution in [0.15, 0.2) is 12.7 Å².